The van der Waals surface area contributed by atoms with Gasteiger partial charge in [0, 0.05) is 34.8 Å². The average molecular weight is 449 g/mol. The van der Waals surface area contributed by atoms with Crippen LogP contribution in [0.4, 0.5) is 0 Å². The summed E-state index contributed by atoms with van der Waals surface area (Å²) >= 11 is 0. The van der Waals surface area contributed by atoms with Gasteiger partial charge in [-0.1, -0.05) is 18.2 Å². The van der Waals surface area contributed by atoms with Gasteiger partial charge in [-0.05, 0) is 56.7 Å². The number of pyridine rings is 1. The number of para-hydroxylation sites is 1. The van der Waals surface area contributed by atoms with Crippen LogP contribution in [0.2, 0.25) is 0 Å². The van der Waals surface area contributed by atoms with Crippen LogP contribution in [0.25, 0.3) is 10.9 Å². The highest BCUT2D eigenvalue weighted by Gasteiger charge is 2.40. The summed E-state index contributed by atoms with van der Waals surface area (Å²) in [6.45, 7) is 4.79. The maximum absolute atomic E-state index is 12.9. The summed E-state index contributed by atoms with van der Waals surface area (Å²) in [5.41, 5.74) is 4.28. The van der Waals surface area contributed by atoms with Crippen molar-refractivity contribution in [1.29, 1.82) is 0 Å². The lowest BCUT2D eigenvalue weighted by atomic mass is 9.91. The van der Waals surface area contributed by atoms with Gasteiger partial charge in [0.2, 0.25) is 5.91 Å². The lowest BCUT2D eigenvalue weighted by Gasteiger charge is -2.29. The Hall–Kier alpha value is -3.49. The van der Waals surface area contributed by atoms with Crippen LogP contribution in [-0.2, 0) is 11.4 Å². The van der Waals surface area contributed by atoms with Gasteiger partial charge >= 0.3 is 0 Å². The van der Waals surface area contributed by atoms with Gasteiger partial charge in [-0.25, -0.2) is 5.48 Å². The molecule has 0 bridgehead atoms. The van der Waals surface area contributed by atoms with E-state index in [1.54, 1.807) is 29.7 Å². The smallest absolute Gasteiger partial charge is 0.251 e. The third-order valence-electron chi connectivity index (χ3n) is 5.93. The zero-order chi connectivity index (χ0) is 23.4. The molecule has 0 aliphatic carbocycles. The predicted molar refractivity (Wildman–Crippen MR) is 124 cm³/mol. The number of amides is 2. The summed E-state index contributed by atoms with van der Waals surface area (Å²) in [5, 5.41) is 16.2. The molecule has 33 heavy (non-hydrogen) atoms. The highest BCUT2D eigenvalue weighted by atomic mass is 16.5. The van der Waals surface area contributed by atoms with Crippen LogP contribution in [-0.4, -0.2) is 40.1 Å². The highest BCUT2D eigenvalue weighted by molar-refractivity contribution is 5.95. The molecule has 1 aliphatic rings. The first-order valence-corrected chi connectivity index (χ1v) is 10.9. The van der Waals surface area contributed by atoms with E-state index < -0.39 is 11.4 Å². The lowest BCUT2D eigenvalue weighted by molar-refractivity contribution is -0.130. The first kappa shape index (κ1) is 22.7. The van der Waals surface area contributed by atoms with Crippen molar-refractivity contribution in [2.45, 2.75) is 44.9 Å². The molecule has 2 heterocycles. The van der Waals surface area contributed by atoms with Gasteiger partial charge in [-0.2, -0.15) is 0 Å². The number of rotatable bonds is 7. The quantitative estimate of drug-likeness (QED) is 0.327. The molecule has 0 spiro atoms. The number of nitrogens with one attached hydrogen (secondary N) is 3. The molecule has 2 atom stereocenters. The zero-order valence-electron chi connectivity index (χ0n) is 18.7. The lowest BCUT2D eigenvalue weighted by Crippen LogP contribution is -2.52. The molecule has 0 saturated carbocycles. The number of hydroxylamine groups is 1. The highest BCUT2D eigenvalue weighted by Crippen LogP contribution is 2.25. The first-order valence-electron chi connectivity index (χ1n) is 10.9. The van der Waals surface area contributed by atoms with Gasteiger partial charge in [0.15, 0.2) is 0 Å². The summed E-state index contributed by atoms with van der Waals surface area (Å²) in [6.07, 6.45) is 0.583. The fourth-order valence-electron chi connectivity index (χ4n) is 4.41. The fourth-order valence-corrected chi connectivity index (χ4v) is 4.41. The van der Waals surface area contributed by atoms with Crippen molar-refractivity contribution in [3.63, 3.8) is 0 Å². The largest absolute Gasteiger partial charge is 0.489 e. The number of carbonyl (C=O) groups excluding carboxylic acids is 2. The molecule has 1 aliphatic heterocycles. The monoisotopic (exact) mass is 448 g/mol. The predicted octanol–water partition coefficient (Wildman–Crippen LogP) is 2.87. The molecule has 1 saturated heterocycles. The van der Waals surface area contributed by atoms with E-state index in [0.717, 1.165) is 22.2 Å². The second-order valence-electron chi connectivity index (χ2n) is 8.69. The summed E-state index contributed by atoms with van der Waals surface area (Å²) in [7, 11) is 0. The summed E-state index contributed by atoms with van der Waals surface area (Å²) in [5.74, 6) is -0.164. The van der Waals surface area contributed by atoms with Crippen LogP contribution in [0.3, 0.4) is 0 Å². The molecule has 1 fully saturated rings. The molecule has 2 unspecified atom stereocenters. The van der Waals surface area contributed by atoms with Crippen LogP contribution in [0.15, 0.2) is 54.6 Å². The Balaban J connectivity index is 1.43. The molecule has 8 nitrogen and oxygen atoms in total. The van der Waals surface area contributed by atoms with Gasteiger partial charge in [-0.3, -0.25) is 19.8 Å². The molecule has 3 aromatic rings. The summed E-state index contributed by atoms with van der Waals surface area (Å²) < 4.78 is 5.97. The minimum absolute atomic E-state index is 0.00686. The molecular formula is C25H28N4O4. The van der Waals surface area contributed by atoms with Crippen LogP contribution in [0.5, 0.6) is 5.75 Å². The number of ether oxygens (including phenoxy) is 1. The van der Waals surface area contributed by atoms with Crippen molar-refractivity contribution in [3.05, 3.63) is 71.4 Å². The Bertz CT molecular complexity index is 1160. The van der Waals surface area contributed by atoms with E-state index in [9.17, 15) is 9.59 Å². The van der Waals surface area contributed by atoms with E-state index in [2.05, 4.69) is 15.6 Å². The number of fused-ring (bicyclic) bond motifs is 1. The van der Waals surface area contributed by atoms with E-state index in [1.807, 2.05) is 44.2 Å². The van der Waals surface area contributed by atoms with Crippen LogP contribution in [0.1, 0.15) is 41.4 Å². The molecule has 172 valence electrons. The Morgan fingerprint density at radius 1 is 1.21 bits per heavy atom. The molecule has 2 amide bonds. The van der Waals surface area contributed by atoms with Crippen LogP contribution < -0.4 is 20.9 Å². The summed E-state index contributed by atoms with van der Waals surface area (Å²) in [6, 6.07) is 17.0. The molecule has 8 heteroatoms. The Morgan fingerprint density at radius 2 is 1.97 bits per heavy atom. The van der Waals surface area contributed by atoms with Crippen molar-refractivity contribution in [1.82, 2.24) is 21.1 Å². The molecule has 4 rings (SSSR count). The number of carbonyl (C=O) groups is 2. The maximum Gasteiger partial charge on any atom is 0.251 e. The number of nitrogens with zero attached hydrogens (tertiary/aromatic N) is 1. The zero-order valence-corrected chi connectivity index (χ0v) is 18.7. The molecule has 2 aromatic carbocycles. The molecular weight excluding hydrogens is 420 g/mol. The number of aryl methyl sites for hydroxylation is 1. The maximum atomic E-state index is 12.9. The van der Waals surface area contributed by atoms with Gasteiger partial charge in [-0.15, -0.1) is 0 Å². The second-order valence-corrected chi connectivity index (χ2v) is 8.69. The Labute approximate surface area is 192 Å². The first-order chi connectivity index (χ1) is 15.9. The average Bonchev–Trinajstić information content (AvgIpc) is 3.17. The van der Waals surface area contributed by atoms with E-state index in [-0.39, 0.29) is 18.4 Å². The van der Waals surface area contributed by atoms with Gasteiger partial charge in [0.1, 0.15) is 12.4 Å². The van der Waals surface area contributed by atoms with Gasteiger partial charge < -0.3 is 15.4 Å². The van der Waals surface area contributed by atoms with Crippen molar-refractivity contribution in [3.8, 4) is 5.75 Å². The molecule has 1 aromatic heterocycles. The van der Waals surface area contributed by atoms with Crippen LogP contribution >= 0.6 is 0 Å². The molecule has 4 N–H and O–H groups in total. The van der Waals surface area contributed by atoms with Crippen molar-refractivity contribution in [2.24, 2.45) is 0 Å². The van der Waals surface area contributed by atoms with E-state index in [1.165, 1.54) is 0 Å². The Morgan fingerprint density at radius 3 is 2.67 bits per heavy atom. The van der Waals surface area contributed by atoms with Crippen molar-refractivity contribution >= 4 is 22.7 Å². The number of hydrogen-bond donors (Lipinski definition) is 4. The van der Waals surface area contributed by atoms with Gasteiger partial charge in [0.25, 0.3) is 5.91 Å². The normalized spacial score (nSPS) is 19.9. The minimum Gasteiger partial charge on any atom is -0.489 e. The van der Waals surface area contributed by atoms with E-state index in [4.69, 9.17) is 9.94 Å². The molecule has 0 radical (unpaired) electrons. The third kappa shape index (κ3) is 5.30. The number of benzene rings is 2. The SMILES string of the molecule is Cc1cc(COc2ccc(C(=O)NC3(CC(=O)NO)CNC(C)C3)cc2)c2ccccc2n1. The van der Waals surface area contributed by atoms with E-state index >= 15 is 0 Å². The number of aromatic nitrogens is 1. The van der Waals surface area contributed by atoms with Crippen LogP contribution in [0, 0.1) is 6.92 Å². The standard InChI is InChI=1S/C25H28N4O4/c1-16-11-19(21-5-3-4-6-22(21)27-16)14-33-20-9-7-18(8-10-20)24(31)28-25(13-23(30)29-32)12-17(2)26-15-25/h3-11,17,26,32H,12-15H2,1-2H3,(H,28,31)(H,29,30). The topological polar surface area (TPSA) is 113 Å². The van der Waals surface area contributed by atoms with Gasteiger partial charge in [0.05, 0.1) is 17.5 Å². The third-order valence-corrected chi connectivity index (χ3v) is 5.93. The second kappa shape index (κ2) is 9.56. The fraction of sp³-hybridized carbons (Fsp3) is 0.320. The summed E-state index contributed by atoms with van der Waals surface area (Å²) in [4.78, 5) is 29.2. The van der Waals surface area contributed by atoms with E-state index in [0.29, 0.717) is 30.9 Å². The minimum atomic E-state index is -0.751. The van der Waals surface area contributed by atoms with Crippen molar-refractivity contribution in [2.75, 3.05) is 6.54 Å². The Kier molecular flexibility index (Phi) is 6.57. The number of hydrogen-bond acceptors (Lipinski definition) is 6. The van der Waals surface area contributed by atoms with Crippen molar-refractivity contribution < 1.29 is 19.5 Å².